The molecule has 200 valence electrons. The molecule has 5 nitrogen and oxygen atoms in total. The van der Waals surface area contributed by atoms with E-state index in [-0.39, 0.29) is 53.7 Å². The summed E-state index contributed by atoms with van der Waals surface area (Å²) < 4.78 is 12.4. The van der Waals surface area contributed by atoms with Crippen LogP contribution in [0.4, 0.5) is 0 Å². The number of aliphatic hydroxyl groups excluding tert-OH is 1. The average Bonchev–Trinajstić information content (AvgIpc) is 3.50. The number of aliphatic hydroxyl groups is 1. The van der Waals surface area contributed by atoms with Crippen LogP contribution in [-0.2, 0) is 19.1 Å². The fourth-order valence-electron chi connectivity index (χ4n) is 9.52. The lowest BCUT2D eigenvalue weighted by molar-refractivity contribution is -0.153. The van der Waals surface area contributed by atoms with Crippen LogP contribution in [0.5, 0.6) is 0 Å². The summed E-state index contributed by atoms with van der Waals surface area (Å²) in [5, 5.41) is 10.7. The van der Waals surface area contributed by atoms with Gasteiger partial charge in [-0.1, -0.05) is 48.6 Å². The van der Waals surface area contributed by atoms with Gasteiger partial charge in [0.1, 0.15) is 12.2 Å². The van der Waals surface area contributed by atoms with Crippen LogP contribution < -0.4 is 0 Å². The maximum absolute atomic E-state index is 13.9. The molecule has 0 spiro atoms. The van der Waals surface area contributed by atoms with Crippen LogP contribution in [0, 0.1) is 46.8 Å². The van der Waals surface area contributed by atoms with E-state index in [0.29, 0.717) is 24.7 Å². The van der Waals surface area contributed by atoms with Crippen LogP contribution >= 0.6 is 0 Å². The van der Waals surface area contributed by atoms with Gasteiger partial charge in [0, 0.05) is 23.7 Å². The molecule has 0 aromatic rings. The second kappa shape index (κ2) is 8.97. The molecule has 0 aromatic heterocycles. The maximum atomic E-state index is 13.9. The van der Waals surface area contributed by atoms with E-state index in [0.717, 1.165) is 56.9 Å². The minimum atomic E-state index is -0.912. The molecule has 1 N–H and O–H groups in total. The fraction of sp³-hybridized carbons (Fsp3) is 0.688. The number of fused-ring (bicyclic) bond motifs is 6. The first-order valence-corrected chi connectivity index (χ1v) is 14.4. The third-order valence-electron chi connectivity index (χ3n) is 11.2. The Bertz CT molecular complexity index is 1070. The topological polar surface area (TPSA) is 72.8 Å². The van der Waals surface area contributed by atoms with Crippen molar-refractivity contribution in [3.05, 3.63) is 48.6 Å². The van der Waals surface area contributed by atoms with Crippen LogP contribution in [0.25, 0.3) is 0 Å². The normalized spacial score (nSPS) is 45.9. The minimum absolute atomic E-state index is 0.0294. The van der Waals surface area contributed by atoms with E-state index in [9.17, 15) is 14.7 Å². The second-order valence-corrected chi connectivity index (χ2v) is 13.1. The zero-order valence-corrected chi connectivity index (χ0v) is 22.3. The van der Waals surface area contributed by atoms with Crippen molar-refractivity contribution in [2.24, 2.45) is 46.8 Å². The fourth-order valence-corrected chi connectivity index (χ4v) is 9.52. The molecule has 6 aliphatic rings. The Morgan fingerprint density at radius 2 is 1.41 bits per heavy atom. The van der Waals surface area contributed by atoms with Crippen molar-refractivity contribution in [3.8, 4) is 0 Å². The van der Waals surface area contributed by atoms with Crippen molar-refractivity contribution in [3.63, 3.8) is 0 Å². The number of esters is 2. The smallest absolute Gasteiger partial charge is 0.312 e. The molecule has 6 rings (SSSR count). The van der Waals surface area contributed by atoms with Crippen LogP contribution in [0.1, 0.15) is 71.1 Å². The minimum Gasteiger partial charge on any atom is -0.461 e. The van der Waals surface area contributed by atoms with Gasteiger partial charge in [-0.15, -0.1) is 0 Å². The van der Waals surface area contributed by atoms with Crippen molar-refractivity contribution >= 4 is 11.9 Å². The highest BCUT2D eigenvalue weighted by molar-refractivity contribution is 5.82. The first-order valence-electron chi connectivity index (χ1n) is 14.4. The molecule has 4 saturated carbocycles. The first-order chi connectivity index (χ1) is 17.6. The summed E-state index contributed by atoms with van der Waals surface area (Å²) in [5.41, 5.74) is 3.89. The average molecular weight is 507 g/mol. The zero-order chi connectivity index (χ0) is 26.2. The van der Waals surface area contributed by atoms with Crippen LogP contribution in [0.15, 0.2) is 48.6 Å². The van der Waals surface area contributed by atoms with Gasteiger partial charge in [-0.3, -0.25) is 9.59 Å². The van der Waals surface area contributed by atoms with E-state index in [2.05, 4.69) is 26.3 Å². The molecule has 2 aliphatic heterocycles. The van der Waals surface area contributed by atoms with E-state index in [4.69, 9.17) is 9.47 Å². The van der Waals surface area contributed by atoms with Gasteiger partial charge in [0.05, 0.1) is 17.4 Å². The van der Waals surface area contributed by atoms with Gasteiger partial charge in [-0.05, 0) is 83.0 Å². The molecular formula is C32H42O5. The largest absolute Gasteiger partial charge is 0.461 e. The number of rotatable bonds is 4. The lowest BCUT2D eigenvalue weighted by Crippen LogP contribution is -2.42. The maximum Gasteiger partial charge on any atom is 0.312 e. The SMILES string of the molecule is C=C1CCC2C(CC3(CC(C)O)C(=O)OC4C5C(=C)CCC5C(=C)CCC43)C(=O)OC2C2C(=C)CCC12. The Labute approximate surface area is 221 Å². The van der Waals surface area contributed by atoms with Crippen molar-refractivity contribution in [2.45, 2.75) is 89.4 Å². The monoisotopic (exact) mass is 506 g/mol. The van der Waals surface area contributed by atoms with Crippen molar-refractivity contribution in [2.75, 3.05) is 0 Å². The molecule has 4 aliphatic carbocycles. The molecule has 0 radical (unpaired) electrons. The zero-order valence-electron chi connectivity index (χ0n) is 22.3. The van der Waals surface area contributed by atoms with Gasteiger partial charge >= 0.3 is 11.9 Å². The molecule has 2 saturated heterocycles. The van der Waals surface area contributed by atoms with Gasteiger partial charge < -0.3 is 14.6 Å². The molecule has 37 heavy (non-hydrogen) atoms. The van der Waals surface area contributed by atoms with E-state index in [1.807, 2.05) is 0 Å². The third kappa shape index (κ3) is 3.74. The van der Waals surface area contributed by atoms with Crippen LogP contribution in [-0.4, -0.2) is 35.4 Å². The summed E-state index contributed by atoms with van der Waals surface area (Å²) in [6.45, 7) is 19.3. The van der Waals surface area contributed by atoms with E-state index < -0.39 is 11.5 Å². The Hall–Kier alpha value is -2.14. The Balaban J connectivity index is 1.36. The lowest BCUT2D eigenvalue weighted by Gasteiger charge is -2.37. The molecule has 0 amide bonds. The Morgan fingerprint density at radius 1 is 0.838 bits per heavy atom. The molecular weight excluding hydrogens is 464 g/mol. The van der Waals surface area contributed by atoms with E-state index >= 15 is 0 Å². The first kappa shape index (κ1) is 25.2. The summed E-state index contributed by atoms with van der Waals surface area (Å²) in [4.78, 5) is 27.5. The van der Waals surface area contributed by atoms with Gasteiger partial charge in [0.2, 0.25) is 0 Å². The van der Waals surface area contributed by atoms with Gasteiger partial charge in [-0.2, -0.15) is 0 Å². The molecule has 2 heterocycles. The number of ether oxygens (including phenoxy) is 2. The second-order valence-electron chi connectivity index (χ2n) is 13.1. The quantitative estimate of drug-likeness (QED) is 0.391. The molecule has 11 unspecified atom stereocenters. The number of carbonyl (C=O) groups excluding carboxylic acids is 2. The number of hydrogen-bond donors (Lipinski definition) is 1. The molecule has 6 fully saturated rings. The molecule has 0 aromatic carbocycles. The van der Waals surface area contributed by atoms with E-state index in [1.54, 1.807) is 6.92 Å². The third-order valence-corrected chi connectivity index (χ3v) is 11.2. The highest BCUT2D eigenvalue weighted by atomic mass is 16.6. The summed E-state index contributed by atoms with van der Waals surface area (Å²) >= 11 is 0. The van der Waals surface area contributed by atoms with Crippen molar-refractivity contribution < 1.29 is 24.2 Å². The van der Waals surface area contributed by atoms with Gasteiger partial charge in [0.25, 0.3) is 0 Å². The number of hydrogen-bond acceptors (Lipinski definition) is 5. The number of carbonyl (C=O) groups is 2. The van der Waals surface area contributed by atoms with Crippen molar-refractivity contribution in [1.29, 1.82) is 0 Å². The number of allylic oxidation sites excluding steroid dienone is 2. The Morgan fingerprint density at radius 3 is 2.03 bits per heavy atom. The summed E-state index contributed by atoms with van der Waals surface area (Å²) in [7, 11) is 0. The van der Waals surface area contributed by atoms with Gasteiger partial charge in [-0.25, -0.2) is 0 Å². The Kier molecular flexibility index (Phi) is 6.10. The molecule has 0 bridgehead atoms. The van der Waals surface area contributed by atoms with E-state index in [1.165, 1.54) is 16.7 Å². The standard InChI is InChI=1S/C32H42O5/c1-16-6-12-23-24(30(34)36-28(23)26-18(3)7-10-21(16)26)15-32(14-20(5)33)25-13-9-17(2)22-11-8-19(4)27(22)29(25)37-31(32)35/h20-29,33H,1-4,6-15H2,5H3. The van der Waals surface area contributed by atoms with Crippen molar-refractivity contribution in [1.82, 2.24) is 0 Å². The van der Waals surface area contributed by atoms with Crippen LogP contribution in [0.2, 0.25) is 0 Å². The summed E-state index contributed by atoms with van der Waals surface area (Å²) in [5.74, 6) is -0.00400. The van der Waals surface area contributed by atoms with Crippen LogP contribution in [0.3, 0.4) is 0 Å². The molecule has 5 heteroatoms. The molecule has 11 atom stereocenters. The predicted octanol–water partition coefficient (Wildman–Crippen LogP) is 5.70. The predicted molar refractivity (Wildman–Crippen MR) is 141 cm³/mol. The van der Waals surface area contributed by atoms with Gasteiger partial charge in [0.15, 0.2) is 0 Å². The summed E-state index contributed by atoms with van der Waals surface area (Å²) in [6.07, 6.45) is 6.85. The summed E-state index contributed by atoms with van der Waals surface area (Å²) in [6, 6.07) is 0. The lowest BCUT2D eigenvalue weighted by atomic mass is 9.62. The highest BCUT2D eigenvalue weighted by Crippen LogP contribution is 2.61. The highest BCUT2D eigenvalue weighted by Gasteiger charge is 2.64.